The fraction of sp³-hybridized carbons (Fsp3) is 0.571. The van der Waals surface area contributed by atoms with Crippen molar-refractivity contribution >= 4 is 0 Å². The van der Waals surface area contributed by atoms with Crippen molar-refractivity contribution in [1.82, 2.24) is 0 Å². The maximum Gasteiger partial charge on any atom is 0.161 e. The van der Waals surface area contributed by atoms with Crippen LogP contribution in [0.1, 0.15) is 44.7 Å². The van der Waals surface area contributed by atoms with Crippen molar-refractivity contribution in [3.8, 4) is 11.5 Å². The van der Waals surface area contributed by atoms with Crippen molar-refractivity contribution in [3.63, 3.8) is 0 Å². The minimum absolute atomic E-state index is 0.0834. The van der Waals surface area contributed by atoms with Gasteiger partial charge in [-0.3, -0.25) is 0 Å². The summed E-state index contributed by atoms with van der Waals surface area (Å²) in [5, 5.41) is 0. The fourth-order valence-electron chi connectivity index (χ4n) is 1.78. The first-order valence-electron chi connectivity index (χ1n) is 6.29. The Morgan fingerprint density at radius 3 is 2.59 bits per heavy atom. The van der Waals surface area contributed by atoms with E-state index in [1.807, 2.05) is 25.1 Å². The van der Waals surface area contributed by atoms with E-state index in [4.69, 9.17) is 15.2 Å². The molecule has 0 amide bonds. The summed E-state index contributed by atoms with van der Waals surface area (Å²) in [4.78, 5) is 0. The van der Waals surface area contributed by atoms with Crippen LogP contribution < -0.4 is 15.2 Å². The van der Waals surface area contributed by atoms with Gasteiger partial charge in [-0.15, -0.1) is 0 Å². The van der Waals surface area contributed by atoms with Crippen LogP contribution in [0.2, 0.25) is 0 Å². The van der Waals surface area contributed by atoms with Gasteiger partial charge in [0.05, 0.1) is 13.7 Å². The predicted octanol–water partition coefficient (Wildman–Crippen LogP) is 3.28. The van der Waals surface area contributed by atoms with Crippen molar-refractivity contribution in [2.45, 2.75) is 39.2 Å². The number of unbranched alkanes of at least 4 members (excludes halogenated alkanes) is 1. The van der Waals surface area contributed by atoms with E-state index < -0.39 is 0 Å². The Labute approximate surface area is 104 Å². The third kappa shape index (κ3) is 3.93. The van der Waals surface area contributed by atoms with Crippen molar-refractivity contribution in [2.24, 2.45) is 5.73 Å². The first-order valence-corrected chi connectivity index (χ1v) is 6.29. The molecule has 0 aliphatic heterocycles. The number of nitrogens with two attached hydrogens (primary N) is 1. The van der Waals surface area contributed by atoms with Crippen LogP contribution in [0.4, 0.5) is 0 Å². The standard InChI is InChI=1S/C14H23NO2/c1-4-6-7-12(15)11-8-9-13(16-3)14(10-11)17-5-2/h8-10,12H,4-7,15H2,1-3H3/t12-/m0/s1. The minimum Gasteiger partial charge on any atom is -0.493 e. The second-order valence-electron chi connectivity index (χ2n) is 4.09. The van der Waals surface area contributed by atoms with Gasteiger partial charge in [-0.05, 0) is 31.0 Å². The zero-order chi connectivity index (χ0) is 12.7. The van der Waals surface area contributed by atoms with Gasteiger partial charge in [-0.2, -0.15) is 0 Å². The molecule has 1 atom stereocenters. The molecule has 0 spiro atoms. The van der Waals surface area contributed by atoms with Crippen molar-refractivity contribution in [1.29, 1.82) is 0 Å². The van der Waals surface area contributed by atoms with Gasteiger partial charge in [-0.25, -0.2) is 0 Å². The van der Waals surface area contributed by atoms with Crippen LogP contribution in [0.15, 0.2) is 18.2 Å². The third-order valence-electron chi connectivity index (χ3n) is 2.78. The molecular formula is C14H23NO2. The number of ether oxygens (including phenoxy) is 2. The van der Waals surface area contributed by atoms with Crippen LogP contribution in [0.5, 0.6) is 11.5 Å². The smallest absolute Gasteiger partial charge is 0.161 e. The molecule has 17 heavy (non-hydrogen) atoms. The maximum atomic E-state index is 6.14. The summed E-state index contributed by atoms with van der Waals surface area (Å²) >= 11 is 0. The quantitative estimate of drug-likeness (QED) is 0.791. The van der Waals surface area contributed by atoms with Crippen LogP contribution in [0.3, 0.4) is 0 Å². The molecule has 1 rings (SSSR count). The lowest BCUT2D eigenvalue weighted by molar-refractivity contribution is 0.310. The summed E-state index contributed by atoms with van der Waals surface area (Å²) in [5.74, 6) is 1.54. The highest BCUT2D eigenvalue weighted by atomic mass is 16.5. The lowest BCUT2D eigenvalue weighted by atomic mass is 10.0. The molecule has 0 saturated carbocycles. The summed E-state index contributed by atoms with van der Waals surface area (Å²) < 4.78 is 10.8. The normalized spacial score (nSPS) is 12.2. The van der Waals surface area contributed by atoms with Crippen molar-refractivity contribution in [3.05, 3.63) is 23.8 Å². The van der Waals surface area contributed by atoms with E-state index in [2.05, 4.69) is 6.92 Å². The minimum atomic E-state index is 0.0834. The molecule has 2 N–H and O–H groups in total. The zero-order valence-electron chi connectivity index (χ0n) is 11.0. The number of rotatable bonds is 7. The van der Waals surface area contributed by atoms with Crippen LogP contribution >= 0.6 is 0 Å². The summed E-state index contributed by atoms with van der Waals surface area (Å²) in [6.45, 7) is 4.76. The van der Waals surface area contributed by atoms with E-state index in [1.165, 1.54) is 6.42 Å². The molecule has 96 valence electrons. The average molecular weight is 237 g/mol. The van der Waals surface area contributed by atoms with Crippen LogP contribution in [-0.2, 0) is 0 Å². The molecule has 0 unspecified atom stereocenters. The van der Waals surface area contributed by atoms with E-state index in [9.17, 15) is 0 Å². The van der Waals surface area contributed by atoms with Crippen molar-refractivity contribution < 1.29 is 9.47 Å². The molecule has 0 heterocycles. The van der Waals surface area contributed by atoms with Gasteiger partial charge in [0.1, 0.15) is 0 Å². The molecule has 1 aromatic carbocycles. The zero-order valence-corrected chi connectivity index (χ0v) is 11.0. The average Bonchev–Trinajstić information content (AvgIpc) is 2.36. The highest BCUT2D eigenvalue weighted by Gasteiger charge is 2.10. The van der Waals surface area contributed by atoms with Gasteiger partial charge >= 0.3 is 0 Å². The Morgan fingerprint density at radius 1 is 1.24 bits per heavy atom. The number of hydrogen-bond donors (Lipinski definition) is 1. The Morgan fingerprint density at radius 2 is 2.00 bits per heavy atom. The predicted molar refractivity (Wildman–Crippen MR) is 70.6 cm³/mol. The van der Waals surface area contributed by atoms with Gasteiger partial charge in [0.25, 0.3) is 0 Å². The molecule has 0 aliphatic carbocycles. The molecule has 0 aromatic heterocycles. The molecular weight excluding hydrogens is 214 g/mol. The molecule has 1 aromatic rings. The topological polar surface area (TPSA) is 44.5 Å². The van der Waals surface area contributed by atoms with E-state index in [0.717, 1.165) is 29.9 Å². The van der Waals surface area contributed by atoms with Crippen molar-refractivity contribution in [2.75, 3.05) is 13.7 Å². The Bertz CT molecular complexity index is 339. The fourth-order valence-corrected chi connectivity index (χ4v) is 1.78. The van der Waals surface area contributed by atoms with Crippen LogP contribution in [0.25, 0.3) is 0 Å². The Balaban J connectivity index is 2.83. The molecule has 3 heteroatoms. The number of methoxy groups -OCH3 is 1. The van der Waals surface area contributed by atoms with E-state index >= 15 is 0 Å². The van der Waals surface area contributed by atoms with Gasteiger partial charge < -0.3 is 15.2 Å². The third-order valence-corrected chi connectivity index (χ3v) is 2.78. The van der Waals surface area contributed by atoms with Gasteiger partial charge in [-0.1, -0.05) is 25.8 Å². The number of hydrogen-bond acceptors (Lipinski definition) is 3. The molecule has 3 nitrogen and oxygen atoms in total. The summed E-state index contributed by atoms with van der Waals surface area (Å²) in [7, 11) is 1.65. The monoisotopic (exact) mass is 237 g/mol. The van der Waals surface area contributed by atoms with Gasteiger partial charge in [0.2, 0.25) is 0 Å². The SMILES string of the molecule is CCCC[C@H](N)c1ccc(OC)c(OCC)c1. The first-order chi connectivity index (χ1) is 8.22. The van der Waals surface area contributed by atoms with E-state index in [1.54, 1.807) is 7.11 Å². The van der Waals surface area contributed by atoms with E-state index in [0.29, 0.717) is 6.61 Å². The second kappa shape index (κ2) is 7.17. The van der Waals surface area contributed by atoms with Gasteiger partial charge in [0.15, 0.2) is 11.5 Å². The lowest BCUT2D eigenvalue weighted by Gasteiger charge is -2.15. The maximum absolute atomic E-state index is 6.14. The second-order valence-corrected chi connectivity index (χ2v) is 4.09. The largest absolute Gasteiger partial charge is 0.493 e. The van der Waals surface area contributed by atoms with E-state index in [-0.39, 0.29) is 6.04 Å². The molecule has 0 saturated heterocycles. The summed E-state index contributed by atoms with van der Waals surface area (Å²) in [6, 6.07) is 6.01. The summed E-state index contributed by atoms with van der Waals surface area (Å²) in [6.07, 6.45) is 3.33. The number of benzene rings is 1. The highest BCUT2D eigenvalue weighted by Crippen LogP contribution is 2.30. The molecule has 0 bridgehead atoms. The Kier molecular flexibility index (Phi) is 5.84. The first kappa shape index (κ1) is 13.8. The Hall–Kier alpha value is -1.22. The van der Waals surface area contributed by atoms with Gasteiger partial charge in [0, 0.05) is 6.04 Å². The molecule has 0 fully saturated rings. The van der Waals surface area contributed by atoms with Crippen LogP contribution in [0, 0.1) is 0 Å². The summed E-state index contributed by atoms with van der Waals surface area (Å²) in [5.41, 5.74) is 7.25. The highest BCUT2D eigenvalue weighted by molar-refractivity contribution is 5.43. The molecule has 0 radical (unpaired) electrons. The molecule has 0 aliphatic rings. The van der Waals surface area contributed by atoms with Crippen LogP contribution in [-0.4, -0.2) is 13.7 Å². The lowest BCUT2D eigenvalue weighted by Crippen LogP contribution is -2.10.